The maximum Gasteiger partial charge on any atom is 0.332 e. The fraction of sp³-hybridized carbons (Fsp3) is 0.308. The van der Waals surface area contributed by atoms with Crippen molar-refractivity contribution in [3.8, 4) is 0 Å². The third-order valence-corrected chi connectivity index (χ3v) is 3.95. The predicted molar refractivity (Wildman–Crippen MR) is 69.9 cm³/mol. The highest BCUT2D eigenvalue weighted by molar-refractivity contribution is 9.10. The van der Waals surface area contributed by atoms with Gasteiger partial charge in [0.1, 0.15) is 5.82 Å². The third-order valence-electron chi connectivity index (χ3n) is 3.09. The number of halogens is 2. The first-order valence-corrected chi connectivity index (χ1v) is 6.37. The average molecular weight is 314 g/mol. The van der Waals surface area contributed by atoms with E-state index in [2.05, 4.69) is 22.5 Å². The number of aliphatic carboxylic acids is 1. The first kappa shape index (κ1) is 13.2. The molecule has 1 aromatic carbocycles. The van der Waals surface area contributed by atoms with Gasteiger partial charge in [-0.2, -0.15) is 0 Å². The van der Waals surface area contributed by atoms with Crippen LogP contribution in [0.5, 0.6) is 0 Å². The smallest absolute Gasteiger partial charge is 0.332 e. The quantitative estimate of drug-likeness (QED) is 0.872. The lowest BCUT2D eigenvalue weighted by molar-refractivity contribution is -0.132. The van der Waals surface area contributed by atoms with Crippen molar-refractivity contribution in [1.82, 2.24) is 4.90 Å². The normalized spacial score (nSPS) is 15.2. The molecule has 3 nitrogen and oxygen atoms in total. The fourth-order valence-electron chi connectivity index (χ4n) is 2.09. The molecule has 18 heavy (non-hydrogen) atoms. The minimum absolute atomic E-state index is 0.158. The van der Waals surface area contributed by atoms with E-state index in [-0.39, 0.29) is 11.4 Å². The lowest BCUT2D eigenvalue weighted by Crippen LogP contribution is -2.33. The van der Waals surface area contributed by atoms with Crippen molar-refractivity contribution < 1.29 is 14.3 Å². The van der Waals surface area contributed by atoms with E-state index >= 15 is 0 Å². The lowest BCUT2D eigenvalue weighted by Gasteiger charge is -2.29. The first-order valence-electron chi connectivity index (χ1n) is 5.58. The molecule has 1 heterocycles. The van der Waals surface area contributed by atoms with Crippen molar-refractivity contribution in [3.63, 3.8) is 0 Å². The number of benzene rings is 1. The van der Waals surface area contributed by atoms with Crippen molar-refractivity contribution in [2.75, 3.05) is 13.1 Å². The number of rotatable bonds is 3. The molecule has 0 unspecified atom stereocenters. The molecule has 0 radical (unpaired) electrons. The van der Waals surface area contributed by atoms with Crippen LogP contribution in [0, 0.1) is 5.82 Å². The molecule has 0 aliphatic carbocycles. The molecule has 1 aliphatic rings. The summed E-state index contributed by atoms with van der Waals surface area (Å²) in [7, 11) is 0. The summed E-state index contributed by atoms with van der Waals surface area (Å²) in [4.78, 5) is 12.7. The number of carboxylic acids is 1. The number of hydrogen-bond donors (Lipinski definition) is 1. The molecule has 0 saturated heterocycles. The molecular formula is C13H13BrFNO2. The lowest BCUT2D eigenvalue weighted by atomic mass is 9.99. The largest absolute Gasteiger partial charge is 0.478 e. The third kappa shape index (κ3) is 2.62. The fourth-order valence-corrected chi connectivity index (χ4v) is 2.60. The zero-order valence-electron chi connectivity index (χ0n) is 9.75. The number of hydrogen-bond acceptors (Lipinski definition) is 2. The molecule has 0 fully saturated rings. The summed E-state index contributed by atoms with van der Waals surface area (Å²) in [5.74, 6) is -1.27. The van der Waals surface area contributed by atoms with E-state index in [1.807, 2.05) is 4.90 Å². The van der Waals surface area contributed by atoms with E-state index in [4.69, 9.17) is 5.11 Å². The number of carboxylic acid groups (broad SMARTS) is 1. The van der Waals surface area contributed by atoms with Gasteiger partial charge >= 0.3 is 5.97 Å². The van der Waals surface area contributed by atoms with Crippen LogP contribution in [-0.4, -0.2) is 29.1 Å². The highest BCUT2D eigenvalue weighted by Gasteiger charge is 2.21. The van der Waals surface area contributed by atoms with Gasteiger partial charge in [0.2, 0.25) is 0 Å². The minimum atomic E-state index is -0.987. The van der Waals surface area contributed by atoms with Gasteiger partial charge in [-0.3, -0.25) is 4.90 Å². The second-order valence-corrected chi connectivity index (χ2v) is 5.16. The Morgan fingerprint density at radius 3 is 2.94 bits per heavy atom. The molecule has 1 aromatic rings. The molecule has 0 amide bonds. The van der Waals surface area contributed by atoms with Crippen LogP contribution in [-0.2, 0) is 17.8 Å². The van der Waals surface area contributed by atoms with Crippen molar-refractivity contribution in [1.29, 1.82) is 0 Å². The highest BCUT2D eigenvalue weighted by atomic mass is 79.9. The zero-order valence-corrected chi connectivity index (χ0v) is 11.3. The summed E-state index contributed by atoms with van der Waals surface area (Å²) in [5, 5.41) is 8.81. The van der Waals surface area contributed by atoms with Crippen LogP contribution >= 0.6 is 15.9 Å². The molecule has 0 atom stereocenters. The topological polar surface area (TPSA) is 40.5 Å². The Morgan fingerprint density at radius 1 is 1.56 bits per heavy atom. The van der Waals surface area contributed by atoms with Crippen molar-refractivity contribution in [2.45, 2.75) is 13.0 Å². The number of nitrogens with zero attached hydrogens (tertiary/aromatic N) is 1. The van der Waals surface area contributed by atoms with E-state index in [0.29, 0.717) is 17.6 Å². The Morgan fingerprint density at radius 2 is 2.28 bits per heavy atom. The Hall–Kier alpha value is -1.20. The van der Waals surface area contributed by atoms with Gasteiger partial charge in [-0.15, -0.1) is 0 Å². The van der Waals surface area contributed by atoms with Gasteiger partial charge in [-0.25, -0.2) is 9.18 Å². The van der Waals surface area contributed by atoms with Crippen molar-refractivity contribution in [2.24, 2.45) is 0 Å². The Balaban J connectivity index is 2.17. The summed E-state index contributed by atoms with van der Waals surface area (Å²) in [5.41, 5.74) is 2.17. The van der Waals surface area contributed by atoms with Gasteiger partial charge in [0, 0.05) is 25.2 Å². The van der Waals surface area contributed by atoms with Crippen molar-refractivity contribution >= 4 is 21.9 Å². The molecular weight excluding hydrogens is 301 g/mol. The number of fused-ring (bicyclic) bond motifs is 1. The summed E-state index contributed by atoms with van der Waals surface area (Å²) in [6.07, 6.45) is 0.793. The van der Waals surface area contributed by atoms with E-state index in [0.717, 1.165) is 24.1 Å². The van der Waals surface area contributed by atoms with E-state index < -0.39 is 5.97 Å². The molecule has 0 aromatic heterocycles. The molecule has 0 spiro atoms. The monoisotopic (exact) mass is 313 g/mol. The van der Waals surface area contributed by atoms with Crippen LogP contribution in [0.4, 0.5) is 4.39 Å². The van der Waals surface area contributed by atoms with Gasteiger partial charge in [0.15, 0.2) is 0 Å². The van der Waals surface area contributed by atoms with Crippen LogP contribution in [0.15, 0.2) is 28.8 Å². The summed E-state index contributed by atoms with van der Waals surface area (Å²) in [6.45, 7) is 5.12. The summed E-state index contributed by atoms with van der Waals surface area (Å²) in [6, 6.07) is 3.24. The van der Waals surface area contributed by atoms with E-state index in [1.54, 1.807) is 6.07 Å². The zero-order chi connectivity index (χ0) is 13.3. The highest BCUT2D eigenvalue weighted by Crippen LogP contribution is 2.29. The minimum Gasteiger partial charge on any atom is -0.478 e. The average Bonchev–Trinajstić information content (AvgIpc) is 2.34. The second kappa shape index (κ2) is 5.20. The summed E-state index contributed by atoms with van der Waals surface area (Å²) >= 11 is 3.25. The maximum absolute atomic E-state index is 13.4. The molecule has 96 valence electrons. The van der Waals surface area contributed by atoms with Crippen molar-refractivity contribution in [3.05, 3.63) is 45.7 Å². The van der Waals surface area contributed by atoms with Gasteiger partial charge in [0.25, 0.3) is 0 Å². The van der Waals surface area contributed by atoms with Gasteiger partial charge < -0.3 is 5.11 Å². The van der Waals surface area contributed by atoms with Crippen LogP contribution in [0.3, 0.4) is 0 Å². The molecule has 0 bridgehead atoms. The molecule has 0 saturated carbocycles. The van der Waals surface area contributed by atoms with E-state index in [9.17, 15) is 9.18 Å². The van der Waals surface area contributed by atoms with Crippen LogP contribution < -0.4 is 0 Å². The Kier molecular flexibility index (Phi) is 3.82. The van der Waals surface area contributed by atoms with Crippen LogP contribution in [0.1, 0.15) is 11.1 Å². The molecule has 1 aliphatic heterocycles. The SMILES string of the molecule is C=C(CN1CCc2ccc(F)c(Br)c2C1)C(=O)O. The number of carbonyl (C=O) groups is 1. The van der Waals surface area contributed by atoms with E-state index in [1.165, 1.54) is 6.07 Å². The molecule has 1 N–H and O–H groups in total. The van der Waals surface area contributed by atoms with Crippen LogP contribution in [0.2, 0.25) is 0 Å². The Bertz CT molecular complexity index is 516. The van der Waals surface area contributed by atoms with Crippen LogP contribution in [0.25, 0.3) is 0 Å². The predicted octanol–water partition coefficient (Wildman–Crippen LogP) is 2.59. The molecule has 2 rings (SSSR count). The standard InChI is InChI=1S/C13H13BrFNO2/c1-8(13(17)18)6-16-5-4-9-2-3-11(15)12(14)10(9)7-16/h2-3H,1,4-7H2,(H,17,18). The summed E-state index contributed by atoms with van der Waals surface area (Å²) < 4.78 is 13.9. The maximum atomic E-state index is 13.4. The van der Waals surface area contributed by atoms with Gasteiger partial charge in [-0.1, -0.05) is 12.6 Å². The second-order valence-electron chi connectivity index (χ2n) is 4.37. The first-order chi connectivity index (χ1) is 8.49. The molecule has 5 heteroatoms. The van der Waals surface area contributed by atoms with Gasteiger partial charge in [0.05, 0.1) is 4.47 Å². The Labute approximate surface area is 113 Å². The van der Waals surface area contributed by atoms with Gasteiger partial charge in [-0.05, 0) is 39.5 Å².